The van der Waals surface area contributed by atoms with Crippen molar-refractivity contribution in [3.8, 4) is 0 Å². The van der Waals surface area contributed by atoms with Gasteiger partial charge in [0.05, 0.1) is 5.92 Å². The Hall–Kier alpha value is -1.10. The van der Waals surface area contributed by atoms with E-state index < -0.39 is 12.0 Å². The van der Waals surface area contributed by atoms with Gasteiger partial charge in [-0.05, 0) is 12.8 Å². The van der Waals surface area contributed by atoms with Gasteiger partial charge in [-0.2, -0.15) is 0 Å². The molecule has 15 heavy (non-hydrogen) atoms. The molecule has 0 fully saturated rings. The van der Waals surface area contributed by atoms with Crippen LogP contribution in [0, 0.1) is 5.92 Å². The van der Waals surface area contributed by atoms with E-state index in [9.17, 15) is 9.59 Å². The lowest BCUT2D eigenvalue weighted by Gasteiger charge is -2.17. The highest BCUT2D eigenvalue weighted by Gasteiger charge is 2.22. The molecule has 0 heterocycles. The number of rotatable bonds is 7. The van der Waals surface area contributed by atoms with Gasteiger partial charge in [0.25, 0.3) is 0 Å². The van der Waals surface area contributed by atoms with Crippen molar-refractivity contribution < 1.29 is 14.7 Å². The van der Waals surface area contributed by atoms with Crippen molar-refractivity contribution in [1.29, 1.82) is 0 Å². The lowest BCUT2D eigenvalue weighted by atomic mass is 10.0. The second-order valence-electron chi connectivity index (χ2n) is 3.53. The molecular formula is C10H20N2O3. The maximum absolute atomic E-state index is 11.6. The van der Waals surface area contributed by atoms with Crippen LogP contribution in [0.2, 0.25) is 0 Å². The third-order valence-electron chi connectivity index (χ3n) is 2.32. The maximum Gasteiger partial charge on any atom is 0.326 e. The summed E-state index contributed by atoms with van der Waals surface area (Å²) in [4.78, 5) is 22.3. The molecule has 0 saturated heterocycles. The van der Waals surface area contributed by atoms with Gasteiger partial charge in [-0.25, -0.2) is 4.79 Å². The van der Waals surface area contributed by atoms with Crippen LogP contribution in [0.25, 0.3) is 0 Å². The minimum atomic E-state index is -1.00. The molecule has 0 rings (SSSR count). The summed E-state index contributed by atoms with van der Waals surface area (Å²) in [6.07, 6.45) is 1.93. The first-order valence-electron chi connectivity index (χ1n) is 5.30. The minimum Gasteiger partial charge on any atom is -0.480 e. The smallest absolute Gasteiger partial charge is 0.326 e. The van der Waals surface area contributed by atoms with E-state index >= 15 is 0 Å². The zero-order valence-corrected chi connectivity index (χ0v) is 9.32. The minimum absolute atomic E-state index is 0.256. The molecular weight excluding hydrogens is 196 g/mol. The monoisotopic (exact) mass is 216 g/mol. The van der Waals surface area contributed by atoms with Crippen molar-refractivity contribution in [2.45, 2.75) is 39.2 Å². The SMILES string of the molecule is CCCC(CN)C(=O)N[C@H](CC)C(=O)O. The molecule has 0 aliphatic carbocycles. The summed E-state index contributed by atoms with van der Waals surface area (Å²) in [6, 6.07) is -0.802. The molecule has 0 aromatic rings. The Bertz CT molecular complexity index is 219. The summed E-state index contributed by atoms with van der Waals surface area (Å²) >= 11 is 0. The average Bonchev–Trinajstić information content (AvgIpc) is 2.21. The van der Waals surface area contributed by atoms with Crippen molar-refractivity contribution in [3.63, 3.8) is 0 Å². The lowest BCUT2D eigenvalue weighted by molar-refractivity contribution is -0.142. The van der Waals surface area contributed by atoms with Crippen molar-refractivity contribution in [2.75, 3.05) is 6.54 Å². The van der Waals surface area contributed by atoms with E-state index in [1.807, 2.05) is 6.92 Å². The number of carboxylic acids is 1. The second-order valence-corrected chi connectivity index (χ2v) is 3.53. The number of amides is 1. The third-order valence-corrected chi connectivity index (χ3v) is 2.32. The fourth-order valence-electron chi connectivity index (χ4n) is 1.33. The predicted octanol–water partition coefficient (Wildman–Crippen LogP) is 0.341. The van der Waals surface area contributed by atoms with Gasteiger partial charge in [0, 0.05) is 6.54 Å². The molecule has 4 N–H and O–H groups in total. The summed E-state index contributed by atoms with van der Waals surface area (Å²) in [7, 11) is 0. The van der Waals surface area contributed by atoms with Crippen LogP contribution in [0.5, 0.6) is 0 Å². The normalized spacial score (nSPS) is 14.3. The Balaban J connectivity index is 4.24. The molecule has 5 nitrogen and oxygen atoms in total. The molecule has 0 radical (unpaired) electrons. The molecule has 1 unspecified atom stereocenters. The van der Waals surface area contributed by atoms with Crippen LogP contribution < -0.4 is 11.1 Å². The van der Waals surface area contributed by atoms with Crippen LogP contribution >= 0.6 is 0 Å². The molecule has 0 aliphatic heterocycles. The highest BCUT2D eigenvalue weighted by atomic mass is 16.4. The Labute approximate surface area is 90.0 Å². The molecule has 0 aromatic heterocycles. The molecule has 5 heteroatoms. The topological polar surface area (TPSA) is 92.4 Å². The first kappa shape index (κ1) is 13.9. The van der Waals surface area contributed by atoms with E-state index in [4.69, 9.17) is 10.8 Å². The van der Waals surface area contributed by atoms with Crippen LogP contribution in [-0.4, -0.2) is 29.6 Å². The van der Waals surface area contributed by atoms with E-state index in [0.29, 0.717) is 12.8 Å². The summed E-state index contributed by atoms with van der Waals surface area (Å²) in [5.41, 5.74) is 5.44. The van der Waals surface area contributed by atoms with Gasteiger partial charge in [-0.1, -0.05) is 20.3 Å². The second kappa shape index (κ2) is 7.23. The molecule has 0 saturated carbocycles. The quantitative estimate of drug-likeness (QED) is 0.572. The first-order chi connectivity index (χ1) is 7.06. The van der Waals surface area contributed by atoms with Gasteiger partial charge < -0.3 is 16.2 Å². The average molecular weight is 216 g/mol. The van der Waals surface area contributed by atoms with E-state index in [-0.39, 0.29) is 18.4 Å². The van der Waals surface area contributed by atoms with Crippen LogP contribution in [0.4, 0.5) is 0 Å². The Morgan fingerprint density at radius 2 is 2.00 bits per heavy atom. The predicted molar refractivity (Wildman–Crippen MR) is 57.3 cm³/mol. The van der Waals surface area contributed by atoms with Crippen LogP contribution in [0.15, 0.2) is 0 Å². The summed E-state index contributed by atoms with van der Waals surface area (Å²) < 4.78 is 0. The number of carbonyl (C=O) groups is 2. The van der Waals surface area contributed by atoms with Gasteiger partial charge in [0.15, 0.2) is 0 Å². The Kier molecular flexibility index (Phi) is 6.70. The number of hydrogen-bond acceptors (Lipinski definition) is 3. The van der Waals surface area contributed by atoms with E-state index in [1.165, 1.54) is 0 Å². The number of carbonyl (C=O) groups excluding carboxylic acids is 1. The van der Waals surface area contributed by atoms with Crippen molar-refractivity contribution in [1.82, 2.24) is 5.32 Å². The van der Waals surface area contributed by atoms with Gasteiger partial charge in [-0.15, -0.1) is 0 Å². The van der Waals surface area contributed by atoms with Crippen LogP contribution in [0.1, 0.15) is 33.1 Å². The fraction of sp³-hybridized carbons (Fsp3) is 0.800. The van der Waals surface area contributed by atoms with Gasteiger partial charge in [0.2, 0.25) is 5.91 Å². The summed E-state index contributed by atoms with van der Waals surface area (Å²) in [5.74, 6) is -1.53. The van der Waals surface area contributed by atoms with Gasteiger partial charge in [0.1, 0.15) is 6.04 Å². The van der Waals surface area contributed by atoms with Crippen LogP contribution in [-0.2, 0) is 9.59 Å². The molecule has 2 atom stereocenters. The van der Waals surface area contributed by atoms with Gasteiger partial charge in [-0.3, -0.25) is 4.79 Å². The standard InChI is InChI=1S/C10H20N2O3/c1-3-5-7(6-11)9(13)12-8(4-2)10(14)15/h7-8H,3-6,11H2,1-2H3,(H,12,13)(H,14,15)/t7?,8-/m1/s1. The number of carboxylic acid groups (broad SMARTS) is 1. The summed E-state index contributed by atoms with van der Waals surface area (Å²) in [6.45, 7) is 3.94. The molecule has 1 amide bonds. The lowest BCUT2D eigenvalue weighted by Crippen LogP contribution is -2.44. The zero-order valence-electron chi connectivity index (χ0n) is 9.32. The third kappa shape index (κ3) is 4.78. The van der Waals surface area contributed by atoms with E-state index in [2.05, 4.69) is 5.32 Å². The van der Waals surface area contributed by atoms with Crippen molar-refractivity contribution in [3.05, 3.63) is 0 Å². The molecule has 0 bridgehead atoms. The zero-order chi connectivity index (χ0) is 11.8. The van der Waals surface area contributed by atoms with E-state index in [0.717, 1.165) is 6.42 Å². The summed E-state index contributed by atoms with van der Waals surface area (Å²) in [5, 5.41) is 11.2. The van der Waals surface area contributed by atoms with Crippen molar-refractivity contribution in [2.24, 2.45) is 11.7 Å². The van der Waals surface area contributed by atoms with Crippen LogP contribution in [0.3, 0.4) is 0 Å². The molecule has 0 spiro atoms. The number of hydrogen-bond donors (Lipinski definition) is 3. The Morgan fingerprint density at radius 3 is 2.33 bits per heavy atom. The number of nitrogens with two attached hydrogens (primary N) is 1. The highest BCUT2D eigenvalue weighted by molar-refractivity contribution is 5.85. The highest BCUT2D eigenvalue weighted by Crippen LogP contribution is 2.05. The molecule has 88 valence electrons. The largest absolute Gasteiger partial charge is 0.480 e. The van der Waals surface area contributed by atoms with Gasteiger partial charge >= 0.3 is 5.97 Å². The number of nitrogens with one attached hydrogen (secondary N) is 1. The first-order valence-corrected chi connectivity index (χ1v) is 5.30. The van der Waals surface area contributed by atoms with E-state index in [1.54, 1.807) is 6.92 Å². The maximum atomic E-state index is 11.6. The fourth-order valence-corrected chi connectivity index (χ4v) is 1.33. The molecule has 0 aromatic carbocycles. The Morgan fingerprint density at radius 1 is 1.40 bits per heavy atom. The molecule has 0 aliphatic rings. The van der Waals surface area contributed by atoms with Crippen molar-refractivity contribution >= 4 is 11.9 Å². The number of aliphatic carboxylic acids is 1.